The maximum atomic E-state index is 11.1. The van der Waals surface area contributed by atoms with Crippen LogP contribution in [0.5, 0.6) is 5.75 Å². The van der Waals surface area contributed by atoms with Crippen molar-refractivity contribution < 1.29 is 14.6 Å². The third kappa shape index (κ3) is 3.01. The molecule has 4 nitrogen and oxygen atoms in total. The summed E-state index contributed by atoms with van der Waals surface area (Å²) >= 11 is 6.20. The molecule has 1 aliphatic heterocycles. The fourth-order valence-corrected chi connectivity index (χ4v) is 2.85. The maximum absolute atomic E-state index is 11.1. The summed E-state index contributed by atoms with van der Waals surface area (Å²) in [7, 11) is 1.61. The first kappa shape index (κ1) is 14.2. The van der Waals surface area contributed by atoms with Gasteiger partial charge in [0.2, 0.25) is 0 Å². The SMILES string of the molecule is COc1cccc(Cl)c1CN1CC(C)C(C(=O)O)C1. The molecule has 1 heterocycles. The third-order valence-electron chi connectivity index (χ3n) is 3.68. The molecule has 2 unspecified atom stereocenters. The summed E-state index contributed by atoms with van der Waals surface area (Å²) in [6.45, 7) is 3.93. The minimum atomic E-state index is -0.721. The Labute approximate surface area is 117 Å². The van der Waals surface area contributed by atoms with E-state index in [1.165, 1.54) is 0 Å². The normalized spacial score (nSPS) is 23.5. The monoisotopic (exact) mass is 283 g/mol. The number of aliphatic carboxylic acids is 1. The van der Waals surface area contributed by atoms with Gasteiger partial charge in [0.05, 0.1) is 13.0 Å². The summed E-state index contributed by atoms with van der Waals surface area (Å²) < 4.78 is 5.31. The van der Waals surface area contributed by atoms with Crippen molar-refractivity contribution in [2.45, 2.75) is 13.5 Å². The van der Waals surface area contributed by atoms with E-state index in [0.717, 1.165) is 17.9 Å². The van der Waals surface area contributed by atoms with Crippen LogP contribution in [0.3, 0.4) is 0 Å². The van der Waals surface area contributed by atoms with Crippen molar-refractivity contribution in [3.8, 4) is 5.75 Å². The fraction of sp³-hybridized carbons (Fsp3) is 0.500. The number of carbonyl (C=O) groups is 1. The Balaban J connectivity index is 2.13. The van der Waals surface area contributed by atoms with E-state index in [9.17, 15) is 4.79 Å². The largest absolute Gasteiger partial charge is 0.496 e. The second-order valence-electron chi connectivity index (χ2n) is 5.04. The average Bonchev–Trinajstić information content (AvgIpc) is 2.73. The van der Waals surface area contributed by atoms with Gasteiger partial charge in [0.25, 0.3) is 0 Å². The van der Waals surface area contributed by atoms with Crippen LogP contribution in [0.4, 0.5) is 0 Å². The maximum Gasteiger partial charge on any atom is 0.308 e. The standard InChI is InChI=1S/C14H18ClNO3/c1-9-6-16(7-10(9)14(17)18)8-11-12(15)4-3-5-13(11)19-2/h3-5,9-10H,6-8H2,1-2H3,(H,17,18). The van der Waals surface area contributed by atoms with Crippen LogP contribution in [0.1, 0.15) is 12.5 Å². The molecule has 1 saturated heterocycles. The van der Waals surface area contributed by atoms with E-state index in [1.54, 1.807) is 7.11 Å². The number of likely N-dealkylation sites (tertiary alicyclic amines) is 1. The molecule has 0 spiro atoms. The smallest absolute Gasteiger partial charge is 0.308 e. The zero-order valence-electron chi connectivity index (χ0n) is 11.1. The van der Waals surface area contributed by atoms with Gasteiger partial charge in [-0.1, -0.05) is 24.6 Å². The molecule has 5 heteroatoms. The number of carboxylic acids is 1. The highest BCUT2D eigenvalue weighted by molar-refractivity contribution is 6.31. The van der Waals surface area contributed by atoms with E-state index in [4.69, 9.17) is 21.4 Å². The molecule has 104 valence electrons. The van der Waals surface area contributed by atoms with Crippen molar-refractivity contribution in [2.75, 3.05) is 20.2 Å². The molecule has 0 aliphatic carbocycles. The molecule has 19 heavy (non-hydrogen) atoms. The summed E-state index contributed by atoms with van der Waals surface area (Å²) in [5.74, 6) is -0.112. The van der Waals surface area contributed by atoms with Crippen molar-refractivity contribution in [1.82, 2.24) is 4.90 Å². The zero-order valence-corrected chi connectivity index (χ0v) is 11.9. The number of carboxylic acid groups (broad SMARTS) is 1. The predicted octanol–water partition coefficient (Wildman–Crippen LogP) is 2.50. The lowest BCUT2D eigenvalue weighted by atomic mass is 9.99. The molecule has 0 radical (unpaired) electrons. The first-order valence-electron chi connectivity index (χ1n) is 6.29. The summed E-state index contributed by atoms with van der Waals surface area (Å²) in [4.78, 5) is 13.2. The highest BCUT2D eigenvalue weighted by Crippen LogP contribution is 2.31. The summed E-state index contributed by atoms with van der Waals surface area (Å²) in [5.41, 5.74) is 0.921. The van der Waals surface area contributed by atoms with Gasteiger partial charge in [0.15, 0.2) is 0 Å². The number of hydrogen-bond donors (Lipinski definition) is 1. The van der Waals surface area contributed by atoms with Crippen molar-refractivity contribution in [2.24, 2.45) is 11.8 Å². The number of hydrogen-bond acceptors (Lipinski definition) is 3. The number of rotatable bonds is 4. The fourth-order valence-electron chi connectivity index (χ4n) is 2.62. The molecule has 0 bridgehead atoms. The Morgan fingerprint density at radius 1 is 1.53 bits per heavy atom. The van der Waals surface area contributed by atoms with Crippen LogP contribution in [-0.4, -0.2) is 36.2 Å². The first-order chi connectivity index (χ1) is 9.02. The van der Waals surface area contributed by atoms with Crippen molar-refractivity contribution in [1.29, 1.82) is 0 Å². The molecule has 1 fully saturated rings. The van der Waals surface area contributed by atoms with E-state index >= 15 is 0 Å². The lowest BCUT2D eigenvalue weighted by Crippen LogP contribution is -2.23. The Hall–Kier alpha value is -1.26. The summed E-state index contributed by atoms with van der Waals surface area (Å²) in [6.07, 6.45) is 0. The van der Waals surface area contributed by atoms with Crippen LogP contribution in [0, 0.1) is 11.8 Å². The number of halogens is 1. The Morgan fingerprint density at radius 3 is 2.84 bits per heavy atom. The number of benzene rings is 1. The van der Waals surface area contributed by atoms with E-state index < -0.39 is 5.97 Å². The van der Waals surface area contributed by atoms with E-state index in [2.05, 4.69) is 4.90 Å². The van der Waals surface area contributed by atoms with Gasteiger partial charge in [-0.15, -0.1) is 0 Å². The molecule has 2 rings (SSSR count). The molecule has 1 N–H and O–H groups in total. The molecule has 0 amide bonds. The molecule has 0 saturated carbocycles. The van der Waals surface area contributed by atoms with Crippen LogP contribution in [0.25, 0.3) is 0 Å². The van der Waals surface area contributed by atoms with Crippen molar-refractivity contribution >= 4 is 17.6 Å². The number of methoxy groups -OCH3 is 1. The van der Waals surface area contributed by atoms with E-state index in [0.29, 0.717) is 18.1 Å². The molecule has 0 aromatic heterocycles. The third-order valence-corrected chi connectivity index (χ3v) is 4.04. The van der Waals surface area contributed by atoms with Gasteiger partial charge in [-0.2, -0.15) is 0 Å². The van der Waals surface area contributed by atoms with E-state index in [1.807, 2.05) is 25.1 Å². The lowest BCUT2D eigenvalue weighted by molar-refractivity contribution is -0.142. The van der Waals surface area contributed by atoms with Crippen LogP contribution < -0.4 is 4.74 Å². The van der Waals surface area contributed by atoms with Gasteiger partial charge < -0.3 is 9.84 Å². The van der Waals surface area contributed by atoms with Gasteiger partial charge in [-0.25, -0.2) is 0 Å². The number of ether oxygens (including phenoxy) is 1. The molecular weight excluding hydrogens is 266 g/mol. The minimum absolute atomic E-state index is 0.158. The average molecular weight is 284 g/mol. The Kier molecular flexibility index (Phi) is 4.32. The summed E-state index contributed by atoms with van der Waals surface area (Å²) in [5, 5.41) is 9.80. The quantitative estimate of drug-likeness (QED) is 0.922. The Morgan fingerprint density at radius 2 is 2.26 bits per heavy atom. The van der Waals surface area contributed by atoms with Gasteiger partial charge in [-0.3, -0.25) is 9.69 Å². The summed E-state index contributed by atoms with van der Waals surface area (Å²) in [6, 6.07) is 5.54. The van der Waals surface area contributed by atoms with Crippen LogP contribution in [-0.2, 0) is 11.3 Å². The van der Waals surface area contributed by atoms with Gasteiger partial charge >= 0.3 is 5.97 Å². The van der Waals surface area contributed by atoms with Gasteiger partial charge in [0.1, 0.15) is 5.75 Å². The lowest BCUT2D eigenvalue weighted by Gasteiger charge is -2.18. The van der Waals surface area contributed by atoms with Crippen molar-refractivity contribution in [3.63, 3.8) is 0 Å². The topological polar surface area (TPSA) is 49.8 Å². The highest BCUT2D eigenvalue weighted by atomic mass is 35.5. The number of nitrogens with zero attached hydrogens (tertiary/aromatic N) is 1. The zero-order chi connectivity index (χ0) is 14.0. The molecule has 2 atom stereocenters. The van der Waals surface area contributed by atoms with Crippen LogP contribution in [0.15, 0.2) is 18.2 Å². The van der Waals surface area contributed by atoms with E-state index in [-0.39, 0.29) is 11.8 Å². The second kappa shape index (κ2) is 5.80. The molecule has 1 aromatic rings. The van der Waals surface area contributed by atoms with Crippen LogP contribution >= 0.6 is 11.6 Å². The van der Waals surface area contributed by atoms with Crippen LogP contribution in [0.2, 0.25) is 5.02 Å². The second-order valence-corrected chi connectivity index (χ2v) is 5.44. The molecule has 1 aromatic carbocycles. The predicted molar refractivity (Wildman–Crippen MR) is 73.6 cm³/mol. The first-order valence-corrected chi connectivity index (χ1v) is 6.67. The molecule has 1 aliphatic rings. The van der Waals surface area contributed by atoms with Gasteiger partial charge in [-0.05, 0) is 18.1 Å². The highest BCUT2D eigenvalue weighted by Gasteiger charge is 2.35. The van der Waals surface area contributed by atoms with Crippen molar-refractivity contribution in [3.05, 3.63) is 28.8 Å². The molecular formula is C14H18ClNO3. The minimum Gasteiger partial charge on any atom is -0.496 e. The van der Waals surface area contributed by atoms with Gasteiger partial charge in [0, 0.05) is 30.2 Å². The Bertz CT molecular complexity index is 478.